The molecular formula is C24H23N3O4S. The van der Waals surface area contributed by atoms with E-state index in [0.717, 1.165) is 11.3 Å². The van der Waals surface area contributed by atoms with Crippen molar-refractivity contribution in [3.05, 3.63) is 88.6 Å². The summed E-state index contributed by atoms with van der Waals surface area (Å²) in [5.41, 5.74) is 1.42. The number of hydrogen-bond donors (Lipinski definition) is 0. The lowest BCUT2D eigenvalue weighted by molar-refractivity contribution is -0.127. The maximum atomic E-state index is 13.1. The Bertz CT molecular complexity index is 1280. The minimum absolute atomic E-state index is 0.0650. The van der Waals surface area contributed by atoms with Crippen molar-refractivity contribution in [3.8, 4) is 5.75 Å². The molecule has 0 atom stereocenters. The molecular weight excluding hydrogens is 426 g/mol. The van der Waals surface area contributed by atoms with Crippen molar-refractivity contribution >= 4 is 28.6 Å². The lowest BCUT2D eigenvalue weighted by atomic mass is 10.2. The van der Waals surface area contributed by atoms with Crippen LogP contribution in [0.2, 0.25) is 0 Å². The SMILES string of the molecule is COc1cccc(CN(C)C(=O)CSc2nc3ccccc3c(=O)n2Cc2ccco2)c1. The Labute approximate surface area is 189 Å². The summed E-state index contributed by atoms with van der Waals surface area (Å²) in [6, 6.07) is 18.4. The molecule has 0 N–H and O–H groups in total. The van der Waals surface area contributed by atoms with E-state index in [1.54, 1.807) is 48.1 Å². The molecule has 0 saturated carbocycles. The highest BCUT2D eigenvalue weighted by Gasteiger charge is 2.16. The van der Waals surface area contributed by atoms with Crippen LogP contribution in [0.25, 0.3) is 10.9 Å². The van der Waals surface area contributed by atoms with Gasteiger partial charge in [-0.1, -0.05) is 36.0 Å². The number of hydrogen-bond acceptors (Lipinski definition) is 6. The second kappa shape index (κ2) is 9.74. The molecule has 0 aliphatic heterocycles. The van der Waals surface area contributed by atoms with E-state index in [1.165, 1.54) is 11.8 Å². The third kappa shape index (κ3) is 4.86. The van der Waals surface area contributed by atoms with E-state index in [1.807, 2.05) is 42.5 Å². The van der Waals surface area contributed by atoms with Gasteiger partial charge in [0, 0.05) is 13.6 Å². The molecule has 32 heavy (non-hydrogen) atoms. The molecule has 1 amide bonds. The number of rotatable bonds is 8. The fraction of sp³-hybridized carbons (Fsp3) is 0.208. The summed E-state index contributed by atoms with van der Waals surface area (Å²) in [4.78, 5) is 32.2. The maximum absolute atomic E-state index is 13.1. The summed E-state index contributed by atoms with van der Waals surface area (Å²) in [6.07, 6.45) is 1.57. The fourth-order valence-corrected chi connectivity index (χ4v) is 4.26. The number of aromatic nitrogens is 2. The highest BCUT2D eigenvalue weighted by Crippen LogP contribution is 2.20. The number of nitrogens with zero attached hydrogens (tertiary/aromatic N) is 3. The van der Waals surface area contributed by atoms with Crippen LogP contribution in [-0.4, -0.2) is 40.3 Å². The molecule has 2 aromatic carbocycles. The molecule has 164 valence electrons. The standard InChI is InChI=1S/C24H23N3O4S/c1-26(14-17-7-5-8-18(13-17)30-2)22(28)16-32-24-25-21-11-4-3-10-20(21)23(29)27(24)15-19-9-6-12-31-19/h3-13H,14-16H2,1-2H3. The molecule has 0 fully saturated rings. The first-order valence-corrected chi connectivity index (χ1v) is 11.1. The molecule has 7 nitrogen and oxygen atoms in total. The van der Waals surface area contributed by atoms with E-state index in [2.05, 4.69) is 4.98 Å². The van der Waals surface area contributed by atoms with Gasteiger partial charge in [0.15, 0.2) is 5.16 Å². The minimum atomic E-state index is -0.160. The number of carbonyl (C=O) groups excluding carboxylic acids is 1. The number of para-hydroxylation sites is 1. The van der Waals surface area contributed by atoms with Crippen molar-refractivity contribution in [2.45, 2.75) is 18.2 Å². The van der Waals surface area contributed by atoms with Crippen LogP contribution in [0.3, 0.4) is 0 Å². The summed E-state index contributed by atoms with van der Waals surface area (Å²) < 4.78 is 12.2. The molecule has 0 bridgehead atoms. The zero-order valence-corrected chi connectivity index (χ0v) is 18.7. The van der Waals surface area contributed by atoms with Gasteiger partial charge in [-0.25, -0.2) is 4.98 Å². The molecule has 0 aliphatic carbocycles. The fourth-order valence-electron chi connectivity index (χ4n) is 3.32. The third-order valence-corrected chi connectivity index (χ3v) is 5.99. The first kappa shape index (κ1) is 21.7. The Balaban J connectivity index is 1.53. The molecule has 0 spiro atoms. The van der Waals surface area contributed by atoms with Crippen molar-refractivity contribution in [2.75, 3.05) is 19.9 Å². The number of fused-ring (bicyclic) bond motifs is 1. The molecule has 0 aliphatic rings. The summed E-state index contributed by atoms with van der Waals surface area (Å²) in [5.74, 6) is 1.49. The Morgan fingerprint density at radius 3 is 2.78 bits per heavy atom. The van der Waals surface area contributed by atoms with Crippen LogP contribution < -0.4 is 10.3 Å². The van der Waals surface area contributed by atoms with Crippen LogP contribution in [0, 0.1) is 0 Å². The van der Waals surface area contributed by atoms with Crippen molar-refractivity contribution in [2.24, 2.45) is 0 Å². The van der Waals surface area contributed by atoms with Crippen molar-refractivity contribution < 1.29 is 13.9 Å². The first-order chi connectivity index (χ1) is 15.5. The Morgan fingerprint density at radius 2 is 2.00 bits per heavy atom. The number of carbonyl (C=O) groups is 1. The monoisotopic (exact) mass is 449 g/mol. The molecule has 0 radical (unpaired) electrons. The Morgan fingerprint density at radius 1 is 1.16 bits per heavy atom. The van der Waals surface area contributed by atoms with Gasteiger partial charge in [0.1, 0.15) is 11.5 Å². The highest BCUT2D eigenvalue weighted by molar-refractivity contribution is 7.99. The second-order valence-corrected chi connectivity index (χ2v) is 8.21. The van der Waals surface area contributed by atoms with Gasteiger partial charge in [0.05, 0.1) is 36.6 Å². The predicted molar refractivity (Wildman–Crippen MR) is 124 cm³/mol. The van der Waals surface area contributed by atoms with Crippen molar-refractivity contribution in [1.82, 2.24) is 14.5 Å². The molecule has 4 rings (SSSR count). The number of ether oxygens (including phenoxy) is 1. The zero-order valence-electron chi connectivity index (χ0n) is 17.9. The Hall–Kier alpha value is -3.52. The van der Waals surface area contributed by atoms with Crippen LogP contribution in [-0.2, 0) is 17.9 Å². The van der Waals surface area contributed by atoms with Crippen LogP contribution in [0.1, 0.15) is 11.3 Å². The first-order valence-electron chi connectivity index (χ1n) is 10.1. The number of thioether (sulfide) groups is 1. The lowest BCUT2D eigenvalue weighted by Crippen LogP contribution is -2.29. The molecule has 4 aromatic rings. The average molecular weight is 450 g/mol. The summed E-state index contributed by atoms with van der Waals surface area (Å²) >= 11 is 1.25. The predicted octanol–water partition coefficient (Wildman–Crippen LogP) is 3.80. The molecule has 0 unspecified atom stereocenters. The van der Waals surface area contributed by atoms with Crippen molar-refractivity contribution in [3.63, 3.8) is 0 Å². The van der Waals surface area contributed by atoms with Gasteiger partial charge in [-0.2, -0.15) is 0 Å². The number of furan rings is 1. The Kier molecular flexibility index (Phi) is 6.61. The van der Waals surface area contributed by atoms with E-state index < -0.39 is 0 Å². The van der Waals surface area contributed by atoms with Gasteiger partial charge >= 0.3 is 0 Å². The molecule has 2 heterocycles. The molecule has 0 saturated heterocycles. The van der Waals surface area contributed by atoms with Crippen LogP contribution in [0.4, 0.5) is 0 Å². The third-order valence-electron chi connectivity index (χ3n) is 5.03. The lowest BCUT2D eigenvalue weighted by Gasteiger charge is -2.18. The number of methoxy groups -OCH3 is 1. The van der Waals surface area contributed by atoms with Gasteiger partial charge < -0.3 is 14.1 Å². The number of benzene rings is 2. The molecule has 2 aromatic heterocycles. The van der Waals surface area contributed by atoms with Crippen molar-refractivity contribution in [1.29, 1.82) is 0 Å². The van der Waals surface area contributed by atoms with Crippen LogP contribution in [0.15, 0.2) is 81.3 Å². The maximum Gasteiger partial charge on any atom is 0.262 e. The van der Waals surface area contributed by atoms with Gasteiger partial charge in [-0.3, -0.25) is 14.2 Å². The normalized spacial score (nSPS) is 10.9. The van der Waals surface area contributed by atoms with E-state index in [0.29, 0.717) is 28.4 Å². The summed E-state index contributed by atoms with van der Waals surface area (Å²) in [7, 11) is 3.37. The average Bonchev–Trinajstić information content (AvgIpc) is 3.33. The van der Waals surface area contributed by atoms with Gasteiger partial charge in [-0.15, -0.1) is 0 Å². The largest absolute Gasteiger partial charge is 0.497 e. The van der Waals surface area contributed by atoms with E-state index >= 15 is 0 Å². The highest BCUT2D eigenvalue weighted by atomic mass is 32.2. The van der Waals surface area contributed by atoms with Gasteiger partial charge in [-0.05, 0) is 42.0 Å². The van der Waals surface area contributed by atoms with E-state index in [9.17, 15) is 9.59 Å². The van der Waals surface area contributed by atoms with Gasteiger partial charge in [0.25, 0.3) is 5.56 Å². The van der Waals surface area contributed by atoms with E-state index in [4.69, 9.17) is 9.15 Å². The number of amides is 1. The van der Waals surface area contributed by atoms with Gasteiger partial charge in [0.2, 0.25) is 5.91 Å². The van der Waals surface area contributed by atoms with Crippen LogP contribution >= 0.6 is 11.8 Å². The summed E-state index contributed by atoms with van der Waals surface area (Å²) in [6.45, 7) is 0.709. The summed E-state index contributed by atoms with van der Waals surface area (Å²) in [5, 5.41) is 1.01. The topological polar surface area (TPSA) is 77.6 Å². The minimum Gasteiger partial charge on any atom is -0.497 e. The quantitative estimate of drug-likeness (QED) is 0.301. The molecule has 8 heteroatoms. The smallest absolute Gasteiger partial charge is 0.262 e. The van der Waals surface area contributed by atoms with Crippen LogP contribution in [0.5, 0.6) is 5.75 Å². The second-order valence-electron chi connectivity index (χ2n) is 7.27. The zero-order chi connectivity index (χ0) is 22.5. The van der Waals surface area contributed by atoms with E-state index in [-0.39, 0.29) is 23.8 Å².